The third-order valence-corrected chi connectivity index (χ3v) is 2.51. The quantitative estimate of drug-likeness (QED) is 0.870. The number of hydrogen-bond donors (Lipinski definition) is 0. The standard InChI is InChI=1S/C11H8BrClN2O/c12-8-3-11(6-14-5-8)16-7-10-4-9(13)1-2-15-10/h1-6H,7H2. The van der Waals surface area contributed by atoms with E-state index in [-0.39, 0.29) is 0 Å². The highest BCUT2D eigenvalue weighted by atomic mass is 79.9. The van der Waals surface area contributed by atoms with Crippen LogP contribution >= 0.6 is 27.5 Å². The van der Waals surface area contributed by atoms with Crippen molar-refractivity contribution in [3.05, 3.63) is 52.0 Å². The second-order valence-corrected chi connectivity index (χ2v) is 4.45. The molecule has 0 aliphatic carbocycles. The van der Waals surface area contributed by atoms with E-state index in [0.717, 1.165) is 10.2 Å². The average molecular weight is 300 g/mol. The predicted molar refractivity (Wildman–Crippen MR) is 65.5 cm³/mol. The Kier molecular flexibility index (Phi) is 3.74. The summed E-state index contributed by atoms with van der Waals surface area (Å²) in [6, 6.07) is 5.34. The molecule has 2 heterocycles. The van der Waals surface area contributed by atoms with E-state index in [9.17, 15) is 0 Å². The monoisotopic (exact) mass is 298 g/mol. The Morgan fingerprint density at radius 2 is 2.19 bits per heavy atom. The van der Waals surface area contributed by atoms with Crippen molar-refractivity contribution in [2.24, 2.45) is 0 Å². The molecule has 0 unspecified atom stereocenters. The molecule has 0 spiro atoms. The van der Waals surface area contributed by atoms with Gasteiger partial charge < -0.3 is 4.74 Å². The van der Waals surface area contributed by atoms with Crippen LogP contribution in [0.15, 0.2) is 41.3 Å². The summed E-state index contributed by atoms with van der Waals surface area (Å²) in [6.45, 7) is 0.374. The molecule has 0 atom stereocenters. The van der Waals surface area contributed by atoms with Gasteiger partial charge in [-0.05, 0) is 34.1 Å². The van der Waals surface area contributed by atoms with Crippen LogP contribution in [-0.4, -0.2) is 9.97 Å². The van der Waals surface area contributed by atoms with Crippen LogP contribution in [0.25, 0.3) is 0 Å². The first-order chi connectivity index (χ1) is 7.74. The minimum atomic E-state index is 0.374. The molecule has 0 aromatic carbocycles. The second-order valence-electron chi connectivity index (χ2n) is 3.09. The van der Waals surface area contributed by atoms with Gasteiger partial charge in [-0.25, -0.2) is 0 Å². The highest BCUT2D eigenvalue weighted by molar-refractivity contribution is 9.10. The molecule has 0 radical (unpaired) electrons. The van der Waals surface area contributed by atoms with Gasteiger partial charge in [-0.1, -0.05) is 11.6 Å². The molecule has 82 valence electrons. The summed E-state index contributed by atoms with van der Waals surface area (Å²) in [7, 11) is 0. The Bertz CT molecular complexity index is 447. The first-order valence-corrected chi connectivity index (χ1v) is 5.75. The Labute approximate surface area is 107 Å². The maximum Gasteiger partial charge on any atom is 0.139 e. The molecule has 16 heavy (non-hydrogen) atoms. The molecule has 0 bridgehead atoms. The molecule has 3 nitrogen and oxygen atoms in total. The van der Waals surface area contributed by atoms with Gasteiger partial charge in [0, 0.05) is 21.9 Å². The number of pyridine rings is 2. The van der Waals surface area contributed by atoms with E-state index in [1.807, 2.05) is 6.07 Å². The van der Waals surface area contributed by atoms with Gasteiger partial charge in [0.2, 0.25) is 0 Å². The van der Waals surface area contributed by atoms with Gasteiger partial charge in [0.1, 0.15) is 12.4 Å². The van der Waals surface area contributed by atoms with Gasteiger partial charge >= 0.3 is 0 Å². The van der Waals surface area contributed by atoms with E-state index < -0.39 is 0 Å². The van der Waals surface area contributed by atoms with Crippen LogP contribution in [0.5, 0.6) is 5.75 Å². The minimum absolute atomic E-state index is 0.374. The maximum atomic E-state index is 5.84. The van der Waals surface area contributed by atoms with Crippen LogP contribution < -0.4 is 4.74 Å². The lowest BCUT2D eigenvalue weighted by molar-refractivity contribution is 0.300. The van der Waals surface area contributed by atoms with Crippen molar-refractivity contribution >= 4 is 27.5 Å². The summed E-state index contributed by atoms with van der Waals surface area (Å²) >= 11 is 9.16. The molecule has 2 rings (SSSR count). The first-order valence-electron chi connectivity index (χ1n) is 4.58. The highest BCUT2D eigenvalue weighted by Crippen LogP contribution is 2.17. The SMILES string of the molecule is Clc1ccnc(COc2cncc(Br)c2)c1. The van der Waals surface area contributed by atoms with E-state index in [0.29, 0.717) is 17.4 Å². The van der Waals surface area contributed by atoms with Gasteiger partial charge in [0.05, 0.1) is 11.9 Å². The Morgan fingerprint density at radius 1 is 1.31 bits per heavy atom. The van der Waals surface area contributed by atoms with Gasteiger partial charge in [-0.15, -0.1) is 0 Å². The van der Waals surface area contributed by atoms with Crippen molar-refractivity contribution in [2.75, 3.05) is 0 Å². The molecule has 5 heteroatoms. The van der Waals surface area contributed by atoms with Crippen LogP contribution in [0.4, 0.5) is 0 Å². The van der Waals surface area contributed by atoms with Gasteiger partial charge in [-0.2, -0.15) is 0 Å². The molecule has 0 aliphatic heterocycles. The zero-order valence-corrected chi connectivity index (χ0v) is 10.6. The maximum absolute atomic E-state index is 5.84. The van der Waals surface area contributed by atoms with Crippen LogP contribution in [0, 0.1) is 0 Å². The lowest BCUT2D eigenvalue weighted by Gasteiger charge is -2.05. The Balaban J connectivity index is 2.02. The zero-order chi connectivity index (χ0) is 11.4. The molecule has 0 aliphatic rings. The van der Waals surface area contributed by atoms with E-state index in [4.69, 9.17) is 16.3 Å². The molecular weight excluding hydrogens is 291 g/mol. The molecule has 2 aromatic heterocycles. The summed E-state index contributed by atoms with van der Waals surface area (Å²) in [5.41, 5.74) is 0.785. The summed E-state index contributed by atoms with van der Waals surface area (Å²) in [5, 5.41) is 0.654. The molecule has 0 saturated heterocycles. The normalized spacial score (nSPS) is 10.1. The number of nitrogens with zero attached hydrogens (tertiary/aromatic N) is 2. The average Bonchev–Trinajstić information content (AvgIpc) is 2.27. The summed E-state index contributed by atoms with van der Waals surface area (Å²) < 4.78 is 6.39. The molecule has 0 saturated carbocycles. The van der Waals surface area contributed by atoms with Crippen molar-refractivity contribution in [3.63, 3.8) is 0 Å². The number of aromatic nitrogens is 2. The van der Waals surface area contributed by atoms with Crippen LogP contribution in [0.3, 0.4) is 0 Å². The van der Waals surface area contributed by atoms with Crippen LogP contribution in [0.2, 0.25) is 5.02 Å². The number of halogens is 2. The molecular formula is C11H8BrClN2O. The van der Waals surface area contributed by atoms with E-state index in [1.54, 1.807) is 30.7 Å². The van der Waals surface area contributed by atoms with Gasteiger partial charge in [0.25, 0.3) is 0 Å². The van der Waals surface area contributed by atoms with E-state index >= 15 is 0 Å². The predicted octanol–water partition coefficient (Wildman–Crippen LogP) is 3.47. The summed E-state index contributed by atoms with van der Waals surface area (Å²) in [6.07, 6.45) is 5.00. The van der Waals surface area contributed by atoms with Crippen molar-refractivity contribution in [2.45, 2.75) is 6.61 Å². The second kappa shape index (κ2) is 5.27. The lowest BCUT2D eigenvalue weighted by atomic mass is 10.4. The molecule has 0 fully saturated rings. The summed E-state index contributed by atoms with van der Waals surface area (Å²) in [4.78, 5) is 8.13. The van der Waals surface area contributed by atoms with E-state index in [2.05, 4.69) is 25.9 Å². The third kappa shape index (κ3) is 3.18. The minimum Gasteiger partial charge on any atom is -0.486 e. The Morgan fingerprint density at radius 3 is 2.94 bits per heavy atom. The fourth-order valence-corrected chi connectivity index (χ4v) is 1.68. The topological polar surface area (TPSA) is 35.0 Å². The smallest absolute Gasteiger partial charge is 0.139 e. The van der Waals surface area contributed by atoms with Crippen molar-refractivity contribution < 1.29 is 4.74 Å². The fourth-order valence-electron chi connectivity index (χ4n) is 1.16. The van der Waals surface area contributed by atoms with Crippen molar-refractivity contribution in [1.29, 1.82) is 0 Å². The Hall–Kier alpha value is -1.13. The lowest BCUT2D eigenvalue weighted by Crippen LogP contribution is -1.98. The van der Waals surface area contributed by atoms with Crippen molar-refractivity contribution in [1.82, 2.24) is 9.97 Å². The molecule has 0 amide bonds. The summed E-state index contributed by atoms with van der Waals surface area (Å²) in [5.74, 6) is 0.691. The first kappa shape index (κ1) is 11.4. The van der Waals surface area contributed by atoms with Crippen molar-refractivity contribution in [3.8, 4) is 5.75 Å². The van der Waals surface area contributed by atoms with Gasteiger partial charge in [0.15, 0.2) is 0 Å². The molecule has 0 N–H and O–H groups in total. The molecule has 2 aromatic rings. The zero-order valence-electron chi connectivity index (χ0n) is 8.23. The van der Waals surface area contributed by atoms with E-state index in [1.165, 1.54) is 0 Å². The van der Waals surface area contributed by atoms with Crippen LogP contribution in [0.1, 0.15) is 5.69 Å². The largest absolute Gasteiger partial charge is 0.486 e. The number of ether oxygens (including phenoxy) is 1. The highest BCUT2D eigenvalue weighted by Gasteiger charge is 1.99. The fraction of sp³-hybridized carbons (Fsp3) is 0.0909. The number of rotatable bonds is 3. The number of hydrogen-bond acceptors (Lipinski definition) is 3. The van der Waals surface area contributed by atoms with Gasteiger partial charge in [-0.3, -0.25) is 9.97 Å². The third-order valence-electron chi connectivity index (χ3n) is 1.85. The van der Waals surface area contributed by atoms with Crippen LogP contribution in [-0.2, 0) is 6.61 Å².